The van der Waals surface area contributed by atoms with Crippen LogP contribution < -0.4 is 0 Å². The van der Waals surface area contributed by atoms with Gasteiger partial charge in [-0.1, -0.05) is 77.3 Å². The Kier molecular flexibility index (Phi) is 6.13. The number of sulfonamides is 1. The third-order valence-corrected chi connectivity index (χ3v) is 8.38. The fourth-order valence-corrected chi connectivity index (χ4v) is 6.46. The van der Waals surface area contributed by atoms with Crippen LogP contribution in [0.3, 0.4) is 0 Å². The Hall–Kier alpha value is -1.64. The molecule has 4 rings (SSSR count). The number of carbonyl (C=O) groups is 1. The molecule has 2 aromatic rings. The van der Waals surface area contributed by atoms with Crippen molar-refractivity contribution < 1.29 is 13.2 Å². The zero-order valence-electron chi connectivity index (χ0n) is 15.7. The van der Waals surface area contributed by atoms with Crippen LogP contribution >= 0.6 is 27.7 Å². The maximum atomic E-state index is 13.3. The molecule has 1 aliphatic heterocycles. The molecule has 2 fully saturated rings. The average molecular weight is 493 g/mol. The largest absolute Gasteiger partial charge is 0.286 e. The molecule has 0 aromatic heterocycles. The summed E-state index contributed by atoms with van der Waals surface area (Å²) in [5, 5.41) is -0.171. The number of amidine groups is 1. The van der Waals surface area contributed by atoms with Gasteiger partial charge in [-0.2, -0.15) is 8.42 Å². The second-order valence-electron chi connectivity index (χ2n) is 7.21. The molecule has 1 aliphatic carbocycles. The lowest BCUT2D eigenvalue weighted by Gasteiger charge is -2.30. The summed E-state index contributed by atoms with van der Waals surface area (Å²) in [5.74, 6) is -0.0714. The molecule has 2 aliphatic rings. The van der Waals surface area contributed by atoms with E-state index in [2.05, 4.69) is 20.3 Å². The third kappa shape index (κ3) is 4.44. The average Bonchev–Trinajstić information content (AvgIpc) is 3.05. The standard InChI is InChI=1S/C21H21BrN2O3S2/c22-16-11-13-18(14-12-16)29(26,27)23-21-24(17-9-5-2-6-10-17)20(25)19(28-21)15-7-3-1-4-8-15/h1,3-4,7-8,11-14,17,19H,2,5-6,9-10H2. The second kappa shape index (κ2) is 8.62. The van der Waals surface area contributed by atoms with Crippen molar-refractivity contribution in [2.45, 2.75) is 48.3 Å². The van der Waals surface area contributed by atoms with E-state index >= 15 is 0 Å². The van der Waals surface area contributed by atoms with Gasteiger partial charge < -0.3 is 0 Å². The monoisotopic (exact) mass is 492 g/mol. The summed E-state index contributed by atoms with van der Waals surface area (Å²) < 4.78 is 30.8. The van der Waals surface area contributed by atoms with Gasteiger partial charge in [-0.15, -0.1) is 4.40 Å². The van der Waals surface area contributed by atoms with E-state index in [-0.39, 0.29) is 16.8 Å². The van der Waals surface area contributed by atoms with Gasteiger partial charge in [-0.3, -0.25) is 9.69 Å². The molecule has 8 heteroatoms. The molecule has 0 bridgehead atoms. The lowest BCUT2D eigenvalue weighted by molar-refractivity contribution is -0.128. The van der Waals surface area contributed by atoms with E-state index in [1.54, 1.807) is 17.0 Å². The first-order chi connectivity index (χ1) is 14.0. The summed E-state index contributed by atoms with van der Waals surface area (Å²) in [7, 11) is -3.91. The van der Waals surface area contributed by atoms with Gasteiger partial charge in [0.15, 0.2) is 5.17 Å². The van der Waals surface area contributed by atoms with E-state index in [0.717, 1.165) is 42.1 Å². The van der Waals surface area contributed by atoms with Crippen molar-refractivity contribution in [3.05, 3.63) is 64.6 Å². The van der Waals surface area contributed by atoms with Crippen LogP contribution in [0.5, 0.6) is 0 Å². The van der Waals surface area contributed by atoms with Gasteiger partial charge in [0, 0.05) is 10.5 Å². The SMILES string of the molecule is O=C1C(c2ccccc2)SC(=NS(=O)(=O)c2ccc(Br)cc2)N1C1CCCCC1. The molecule has 152 valence electrons. The fraction of sp³-hybridized carbons (Fsp3) is 0.333. The molecule has 5 nitrogen and oxygen atoms in total. The number of carbonyl (C=O) groups excluding carboxylic acids is 1. The van der Waals surface area contributed by atoms with Crippen LogP contribution in [0, 0.1) is 0 Å². The van der Waals surface area contributed by atoms with Crippen LogP contribution in [0.2, 0.25) is 0 Å². The molecule has 2 aromatic carbocycles. The summed E-state index contributed by atoms with van der Waals surface area (Å²) >= 11 is 4.55. The first-order valence-corrected chi connectivity index (χ1v) is 12.7. The minimum absolute atomic E-state index is 0.0105. The number of hydrogen-bond donors (Lipinski definition) is 0. The predicted octanol–water partition coefficient (Wildman–Crippen LogP) is 5.14. The Labute approximate surface area is 183 Å². The molecule has 0 spiro atoms. The molecule has 1 unspecified atom stereocenters. The van der Waals surface area contributed by atoms with Crippen molar-refractivity contribution in [1.82, 2.24) is 4.90 Å². The number of thioether (sulfide) groups is 1. The predicted molar refractivity (Wildman–Crippen MR) is 119 cm³/mol. The van der Waals surface area contributed by atoms with Crippen LogP contribution in [-0.2, 0) is 14.8 Å². The number of hydrogen-bond acceptors (Lipinski definition) is 4. The highest BCUT2D eigenvalue weighted by Crippen LogP contribution is 2.43. The Morgan fingerprint density at radius 1 is 0.966 bits per heavy atom. The van der Waals surface area contributed by atoms with Gasteiger partial charge in [0.2, 0.25) is 5.91 Å². The lowest BCUT2D eigenvalue weighted by Crippen LogP contribution is -2.41. The van der Waals surface area contributed by atoms with Crippen molar-refractivity contribution in [1.29, 1.82) is 0 Å². The first kappa shape index (κ1) is 20.6. The Bertz CT molecular complexity index is 1020. The highest BCUT2D eigenvalue weighted by atomic mass is 79.9. The van der Waals surface area contributed by atoms with Crippen LogP contribution in [0.1, 0.15) is 42.9 Å². The lowest BCUT2D eigenvalue weighted by atomic mass is 9.94. The highest BCUT2D eigenvalue weighted by Gasteiger charge is 2.43. The third-order valence-electron chi connectivity index (χ3n) is 5.24. The maximum absolute atomic E-state index is 13.3. The molecule has 1 saturated heterocycles. The summed E-state index contributed by atoms with van der Waals surface area (Å²) in [6, 6.07) is 15.9. The highest BCUT2D eigenvalue weighted by molar-refractivity contribution is 9.10. The van der Waals surface area contributed by atoms with Gasteiger partial charge in [0.05, 0.1) is 4.90 Å². The Morgan fingerprint density at radius 3 is 2.28 bits per heavy atom. The fourth-order valence-electron chi connectivity index (χ4n) is 3.77. The van der Waals surface area contributed by atoms with E-state index in [1.807, 2.05) is 30.3 Å². The minimum atomic E-state index is -3.91. The first-order valence-electron chi connectivity index (χ1n) is 9.61. The van der Waals surface area contributed by atoms with E-state index in [4.69, 9.17) is 0 Å². The zero-order chi connectivity index (χ0) is 20.4. The molecule has 1 saturated carbocycles. The number of rotatable bonds is 4. The molecular weight excluding hydrogens is 472 g/mol. The van der Waals surface area contributed by atoms with Crippen molar-refractivity contribution in [2.75, 3.05) is 0 Å². The number of halogens is 1. The smallest absolute Gasteiger partial charge is 0.284 e. The van der Waals surface area contributed by atoms with E-state index in [0.29, 0.717) is 5.17 Å². The van der Waals surface area contributed by atoms with Gasteiger partial charge >= 0.3 is 0 Å². The summed E-state index contributed by atoms with van der Waals surface area (Å²) in [6.45, 7) is 0. The van der Waals surface area contributed by atoms with Crippen molar-refractivity contribution >= 4 is 48.8 Å². The van der Waals surface area contributed by atoms with Crippen LogP contribution in [0.4, 0.5) is 0 Å². The molecule has 29 heavy (non-hydrogen) atoms. The van der Waals surface area contributed by atoms with E-state index < -0.39 is 15.3 Å². The molecule has 0 radical (unpaired) electrons. The Balaban J connectivity index is 1.72. The topological polar surface area (TPSA) is 66.8 Å². The van der Waals surface area contributed by atoms with Gasteiger partial charge in [0.25, 0.3) is 10.0 Å². The van der Waals surface area contributed by atoms with Gasteiger partial charge in [-0.25, -0.2) is 0 Å². The molecule has 1 atom stereocenters. The molecule has 1 amide bonds. The van der Waals surface area contributed by atoms with Crippen molar-refractivity contribution in [3.63, 3.8) is 0 Å². The zero-order valence-corrected chi connectivity index (χ0v) is 18.9. The van der Waals surface area contributed by atoms with Gasteiger partial charge in [0.1, 0.15) is 5.25 Å². The van der Waals surface area contributed by atoms with E-state index in [9.17, 15) is 13.2 Å². The molecule has 0 N–H and O–H groups in total. The quantitative estimate of drug-likeness (QED) is 0.592. The normalized spacial score (nSPS) is 22.4. The summed E-state index contributed by atoms with van der Waals surface area (Å²) in [4.78, 5) is 15.1. The van der Waals surface area contributed by atoms with Gasteiger partial charge in [-0.05, 0) is 42.7 Å². The summed E-state index contributed by atoms with van der Waals surface area (Å²) in [5.41, 5.74) is 0.870. The van der Waals surface area contributed by atoms with Crippen LogP contribution in [0.25, 0.3) is 0 Å². The molecular formula is C21H21BrN2O3S2. The number of nitrogens with zero attached hydrogens (tertiary/aromatic N) is 2. The molecule has 1 heterocycles. The maximum Gasteiger partial charge on any atom is 0.284 e. The van der Waals surface area contributed by atoms with Crippen molar-refractivity contribution in [2.24, 2.45) is 4.40 Å². The summed E-state index contributed by atoms with van der Waals surface area (Å²) in [6.07, 6.45) is 5.00. The number of benzene rings is 2. The minimum Gasteiger partial charge on any atom is -0.286 e. The number of amides is 1. The van der Waals surface area contributed by atoms with Crippen LogP contribution in [0.15, 0.2) is 68.4 Å². The Morgan fingerprint density at radius 2 is 1.62 bits per heavy atom. The second-order valence-corrected chi connectivity index (χ2v) is 10.8. The van der Waals surface area contributed by atoms with Crippen molar-refractivity contribution in [3.8, 4) is 0 Å². The van der Waals surface area contributed by atoms with Crippen LogP contribution in [-0.4, -0.2) is 30.4 Å². The van der Waals surface area contributed by atoms with E-state index in [1.165, 1.54) is 23.9 Å².